The minimum absolute atomic E-state index is 0.180. The number of nitrogens with zero attached hydrogens (tertiary/aromatic N) is 1. The second-order valence-electron chi connectivity index (χ2n) is 4.91. The summed E-state index contributed by atoms with van der Waals surface area (Å²) in [5, 5.41) is 6.24. The van der Waals surface area contributed by atoms with Crippen molar-refractivity contribution in [2.75, 3.05) is 5.32 Å². The summed E-state index contributed by atoms with van der Waals surface area (Å²) in [5.74, 6) is -1.70. The highest BCUT2D eigenvalue weighted by molar-refractivity contribution is 6.08. The summed E-state index contributed by atoms with van der Waals surface area (Å²) >= 11 is 0. The van der Waals surface area contributed by atoms with Gasteiger partial charge in [0, 0.05) is 11.6 Å². The van der Waals surface area contributed by atoms with Crippen molar-refractivity contribution in [1.82, 2.24) is 5.16 Å². The van der Waals surface area contributed by atoms with Crippen molar-refractivity contribution in [2.45, 2.75) is 6.92 Å². The van der Waals surface area contributed by atoms with Gasteiger partial charge >= 0.3 is 0 Å². The monoisotopic (exact) mass is 314 g/mol. The normalized spacial score (nSPS) is 10.6. The topological polar surface area (TPSA) is 55.1 Å². The van der Waals surface area contributed by atoms with E-state index in [2.05, 4.69) is 10.5 Å². The van der Waals surface area contributed by atoms with Crippen LogP contribution in [0.3, 0.4) is 0 Å². The van der Waals surface area contributed by atoms with Gasteiger partial charge in [0.2, 0.25) is 0 Å². The van der Waals surface area contributed by atoms with E-state index in [1.54, 1.807) is 31.2 Å². The minimum Gasteiger partial charge on any atom is -0.360 e. The SMILES string of the molecule is Cc1onc(-c2ccccc2)c1C(=O)Nc1cc(F)ccc1F. The largest absolute Gasteiger partial charge is 0.360 e. The molecule has 1 N–H and O–H groups in total. The Hall–Kier alpha value is -3.02. The number of hydrogen-bond acceptors (Lipinski definition) is 3. The van der Waals surface area contributed by atoms with Gasteiger partial charge in [0.25, 0.3) is 5.91 Å². The number of halogens is 2. The van der Waals surface area contributed by atoms with Gasteiger partial charge in [0.15, 0.2) is 0 Å². The maximum atomic E-state index is 13.7. The second-order valence-corrected chi connectivity index (χ2v) is 4.91. The first-order valence-corrected chi connectivity index (χ1v) is 6.84. The Kier molecular flexibility index (Phi) is 3.89. The molecule has 1 aromatic heterocycles. The van der Waals surface area contributed by atoms with E-state index < -0.39 is 17.5 Å². The molecular formula is C17H12F2N2O2. The van der Waals surface area contributed by atoms with E-state index in [4.69, 9.17) is 4.52 Å². The van der Waals surface area contributed by atoms with Gasteiger partial charge in [0.05, 0.1) is 5.69 Å². The lowest BCUT2D eigenvalue weighted by atomic mass is 10.1. The predicted octanol–water partition coefficient (Wildman–Crippen LogP) is 4.18. The Labute approximate surface area is 130 Å². The van der Waals surface area contributed by atoms with Gasteiger partial charge in [0.1, 0.15) is 28.7 Å². The van der Waals surface area contributed by atoms with Crippen molar-refractivity contribution >= 4 is 11.6 Å². The summed E-state index contributed by atoms with van der Waals surface area (Å²) in [6.45, 7) is 1.58. The third kappa shape index (κ3) is 2.96. The van der Waals surface area contributed by atoms with Crippen LogP contribution in [0.15, 0.2) is 53.1 Å². The van der Waals surface area contributed by atoms with Crippen LogP contribution in [0.1, 0.15) is 16.1 Å². The summed E-state index contributed by atoms with van der Waals surface area (Å²) in [6, 6.07) is 11.8. The minimum atomic E-state index is -0.727. The average molecular weight is 314 g/mol. The van der Waals surface area contributed by atoms with Crippen molar-refractivity contribution in [3.63, 3.8) is 0 Å². The van der Waals surface area contributed by atoms with E-state index in [0.717, 1.165) is 18.2 Å². The summed E-state index contributed by atoms with van der Waals surface area (Å²) in [4.78, 5) is 12.5. The molecule has 0 fully saturated rings. The molecule has 4 nitrogen and oxygen atoms in total. The molecule has 0 atom stereocenters. The molecule has 2 aromatic carbocycles. The summed E-state index contributed by atoms with van der Waals surface area (Å²) in [6.07, 6.45) is 0. The number of benzene rings is 2. The Morgan fingerprint density at radius 1 is 1.13 bits per heavy atom. The lowest BCUT2D eigenvalue weighted by Crippen LogP contribution is -2.14. The zero-order valence-electron chi connectivity index (χ0n) is 12.1. The number of aryl methyl sites for hydroxylation is 1. The first-order valence-electron chi connectivity index (χ1n) is 6.84. The van der Waals surface area contributed by atoms with Gasteiger partial charge < -0.3 is 9.84 Å². The summed E-state index contributed by atoms with van der Waals surface area (Å²) in [5.41, 5.74) is 0.973. The maximum Gasteiger partial charge on any atom is 0.261 e. The van der Waals surface area contributed by atoms with Crippen LogP contribution >= 0.6 is 0 Å². The van der Waals surface area contributed by atoms with Gasteiger partial charge in [-0.05, 0) is 19.1 Å². The fraction of sp³-hybridized carbons (Fsp3) is 0.0588. The number of carbonyl (C=O) groups excluding carboxylic acids is 1. The fourth-order valence-electron chi connectivity index (χ4n) is 2.21. The summed E-state index contributed by atoms with van der Waals surface area (Å²) in [7, 11) is 0. The van der Waals surface area contributed by atoms with Gasteiger partial charge in [-0.15, -0.1) is 0 Å². The van der Waals surface area contributed by atoms with Crippen LogP contribution in [-0.4, -0.2) is 11.1 Å². The average Bonchev–Trinajstić information content (AvgIpc) is 2.93. The number of amides is 1. The zero-order chi connectivity index (χ0) is 16.4. The molecule has 1 amide bonds. The van der Waals surface area contributed by atoms with Crippen LogP contribution < -0.4 is 5.32 Å². The highest BCUT2D eigenvalue weighted by Crippen LogP contribution is 2.26. The van der Waals surface area contributed by atoms with Crippen molar-refractivity contribution in [1.29, 1.82) is 0 Å². The summed E-state index contributed by atoms with van der Waals surface area (Å²) < 4.78 is 32.0. The Balaban J connectivity index is 1.97. The Bertz CT molecular complexity index is 860. The Morgan fingerprint density at radius 2 is 1.87 bits per heavy atom. The van der Waals surface area contributed by atoms with Gasteiger partial charge in [-0.2, -0.15) is 0 Å². The molecule has 23 heavy (non-hydrogen) atoms. The number of carbonyl (C=O) groups is 1. The molecule has 0 radical (unpaired) electrons. The number of nitrogens with one attached hydrogen (secondary N) is 1. The van der Waals surface area contributed by atoms with Crippen LogP contribution in [-0.2, 0) is 0 Å². The van der Waals surface area contributed by atoms with Gasteiger partial charge in [-0.3, -0.25) is 4.79 Å². The quantitative estimate of drug-likeness (QED) is 0.789. The first-order chi connectivity index (χ1) is 11.1. The van der Waals surface area contributed by atoms with E-state index in [9.17, 15) is 13.6 Å². The molecule has 3 aromatic rings. The first kappa shape index (κ1) is 14.9. The zero-order valence-corrected chi connectivity index (χ0v) is 12.1. The highest BCUT2D eigenvalue weighted by Gasteiger charge is 2.22. The second kappa shape index (κ2) is 6.00. The van der Waals surface area contributed by atoms with Crippen molar-refractivity contribution in [3.8, 4) is 11.3 Å². The lowest BCUT2D eigenvalue weighted by molar-refractivity contribution is 0.102. The van der Waals surface area contributed by atoms with E-state index >= 15 is 0 Å². The van der Waals surface area contributed by atoms with Crippen LogP contribution in [0, 0.1) is 18.6 Å². The molecule has 0 unspecified atom stereocenters. The third-order valence-corrected chi connectivity index (χ3v) is 3.31. The van der Waals surface area contributed by atoms with Crippen molar-refractivity contribution in [3.05, 3.63) is 71.5 Å². The van der Waals surface area contributed by atoms with E-state index in [-0.39, 0.29) is 17.0 Å². The van der Waals surface area contributed by atoms with Gasteiger partial charge in [-0.25, -0.2) is 8.78 Å². The molecule has 0 spiro atoms. The molecule has 0 saturated carbocycles. The Morgan fingerprint density at radius 3 is 2.61 bits per heavy atom. The van der Waals surface area contributed by atoms with E-state index in [1.165, 1.54) is 0 Å². The smallest absolute Gasteiger partial charge is 0.261 e. The number of aromatic nitrogens is 1. The molecule has 0 saturated heterocycles. The molecule has 116 valence electrons. The van der Waals surface area contributed by atoms with E-state index in [1.807, 2.05) is 6.07 Å². The molecule has 0 bridgehead atoms. The van der Waals surface area contributed by atoms with Crippen molar-refractivity contribution in [2.24, 2.45) is 0 Å². The van der Waals surface area contributed by atoms with Crippen LogP contribution in [0.2, 0.25) is 0 Å². The number of hydrogen-bond donors (Lipinski definition) is 1. The van der Waals surface area contributed by atoms with E-state index in [0.29, 0.717) is 11.3 Å². The molecule has 0 aliphatic carbocycles. The number of anilines is 1. The lowest BCUT2D eigenvalue weighted by Gasteiger charge is -2.07. The molecular weight excluding hydrogens is 302 g/mol. The molecule has 0 aliphatic heterocycles. The van der Waals surface area contributed by atoms with Crippen LogP contribution in [0.5, 0.6) is 0 Å². The molecule has 3 rings (SSSR count). The number of rotatable bonds is 3. The molecule has 6 heteroatoms. The predicted molar refractivity (Wildman–Crippen MR) is 81.0 cm³/mol. The third-order valence-electron chi connectivity index (χ3n) is 3.31. The standard InChI is InChI=1S/C17H12F2N2O2/c1-10-15(16(21-23-10)11-5-3-2-4-6-11)17(22)20-14-9-12(18)7-8-13(14)19/h2-9H,1H3,(H,20,22). The maximum absolute atomic E-state index is 13.7. The van der Waals surface area contributed by atoms with Crippen LogP contribution in [0.4, 0.5) is 14.5 Å². The molecule has 0 aliphatic rings. The highest BCUT2D eigenvalue weighted by atomic mass is 19.1. The van der Waals surface area contributed by atoms with Gasteiger partial charge in [-0.1, -0.05) is 35.5 Å². The fourth-order valence-corrected chi connectivity index (χ4v) is 2.21. The molecule has 1 heterocycles. The van der Waals surface area contributed by atoms with Crippen molar-refractivity contribution < 1.29 is 18.1 Å². The van der Waals surface area contributed by atoms with Crippen LogP contribution in [0.25, 0.3) is 11.3 Å².